The molecule has 0 atom stereocenters. The summed E-state index contributed by atoms with van der Waals surface area (Å²) in [4.78, 5) is 20.3. The van der Waals surface area contributed by atoms with E-state index in [1.807, 2.05) is 4.90 Å². The second-order valence-electron chi connectivity index (χ2n) is 6.23. The van der Waals surface area contributed by atoms with Gasteiger partial charge in [-0.3, -0.25) is 14.5 Å². The number of hydrogen-bond donors (Lipinski definition) is 1. The number of halogens is 2. The first-order chi connectivity index (χ1) is 13.5. The molecular weight excluding hydrogens is 370 g/mol. The first kappa shape index (κ1) is 19.6. The van der Waals surface area contributed by atoms with E-state index in [4.69, 9.17) is 0 Å². The second kappa shape index (κ2) is 8.68. The number of anilines is 1. The lowest BCUT2D eigenvalue weighted by molar-refractivity contribution is -0.120. The molecule has 1 amide bonds. The molecule has 2 heterocycles. The Balaban J connectivity index is 1.62. The Labute approximate surface area is 161 Å². The summed E-state index contributed by atoms with van der Waals surface area (Å²) in [7, 11) is 3.41. The number of aromatic nitrogens is 2. The molecule has 1 N–H and O–H groups in total. The van der Waals surface area contributed by atoms with Crippen LogP contribution in [-0.2, 0) is 18.4 Å². The van der Waals surface area contributed by atoms with E-state index < -0.39 is 6.61 Å². The summed E-state index contributed by atoms with van der Waals surface area (Å²) in [6.07, 6.45) is 3.45. The Morgan fingerprint density at radius 1 is 1.36 bits per heavy atom. The summed E-state index contributed by atoms with van der Waals surface area (Å²) in [6, 6.07) is 6.56. The number of amides is 1. The molecule has 0 radical (unpaired) electrons. The molecule has 1 aliphatic heterocycles. The number of carbonyl (C=O) groups is 1. The smallest absolute Gasteiger partial charge is 0.387 e. The van der Waals surface area contributed by atoms with Crippen LogP contribution >= 0.6 is 0 Å². The summed E-state index contributed by atoms with van der Waals surface area (Å²) in [5.41, 5.74) is 1.33. The number of aryl methyl sites for hydroxylation is 1. The normalized spacial score (nSPS) is 15.3. The number of carbonyl (C=O) groups excluding carboxylic acids is 1. The van der Waals surface area contributed by atoms with Crippen molar-refractivity contribution < 1.29 is 18.3 Å². The van der Waals surface area contributed by atoms with Crippen molar-refractivity contribution in [3.8, 4) is 5.75 Å². The van der Waals surface area contributed by atoms with Gasteiger partial charge in [0.1, 0.15) is 12.3 Å². The van der Waals surface area contributed by atoms with E-state index in [-0.39, 0.29) is 24.7 Å². The van der Waals surface area contributed by atoms with Gasteiger partial charge >= 0.3 is 6.61 Å². The Morgan fingerprint density at radius 2 is 2.14 bits per heavy atom. The number of benzene rings is 1. The zero-order valence-electron chi connectivity index (χ0n) is 15.7. The lowest BCUT2D eigenvalue weighted by Crippen LogP contribution is -2.55. The number of alkyl halides is 2. The van der Waals surface area contributed by atoms with Gasteiger partial charge in [0.25, 0.3) is 0 Å². The van der Waals surface area contributed by atoms with Crippen molar-refractivity contribution >= 4 is 17.6 Å². The van der Waals surface area contributed by atoms with E-state index in [0.29, 0.717) is 24.6 Å². The second-order valence-corrected chi connectivity index (χ2v) is 6.23. The van der Waals surface area contributed by atoms with Crippen LogP contribution in [0.25, 0.3) is 0 Å². The third-order valence-corrected chi connectivity index (χ3v) is 4.36. The van der Waals surface area contributed by atoms with Gasteiger partial charge in [0.05, 0.1) is 11.9 Å². The van der Waals surface area contributed by atoms with Gasteiger partial charge in [-0.05, 0) is 6.07 Å². The number of piperazine rings is 1. The van der Waals surface area contributed by atoms with Gasteiger partial charge in [0, 0.05) is 45.5 Å². The molecule has 1 aromatic carbocycles. The minimum Gasteiger partial charge on any atom is -0.434 e. The lowest BCUT2D eigenvalue weighted by atomic mass is 10.2. The monoisotopic (exact) mass is 392 g/mol. The van der Waals surface area contributed by atoms with Crippen LogP contribution in [0, 0.1) is 0 Å². The predicted octanol–water partition coefficient (Wildman–Crippen LogP) is 1.45. The van der Waals surface area contributed by atoms with Crippen LogP contribution in [0.3, 0.4) is 0 Å². The molecule has 3 rings (SSSR count). The Kier molecular flexibility index (Phi) is 6.07. The number of para-hydroxylation sites is 1. The number of guanidine groups is 1. The Hall–Kier alpha value is -3.17. The summed E-state index contributed by atoms with van der Waals surface area (Å²) in [5.74, 6) is 0.563. The van der Waals surface area contributed by atoms with Gasteiger partial charge in [0.15, 0.2) is 5.96 Å². The SMILES string of the molecule is CN=C(NCc1ccccc1OC(F)F)N1CCN(c2cnn(C)c2)C(=O)C1. The average Bonchev–Trinajstić information content (AvgIpc) is 3.09. The van der Waals surface area contributed by atoms with E-state index in [2.05, 4.69) is 20.1 Å². The van der Waals surface area contributed by atoms with Gasteiger partial charge in [-0.15, -0.1) is 0 Å². The summed E-state index contributed by atoms with van der Waals surface area (Å²) in [5, 5.41) is 7.21. The molecule has 0 saturated carbocycles. The molecule has 0 bridgehead atoms. The third-order valence-electron chi connectivity index (χ3n) is 4.36. The maximum atomic E-state index is 12.6. The van der Waals surface area contributed by atoms with E-state index in [1.54, 1.807) is 54.3 Å². The first-order valence-electron chi connectivity index (χ1n) is 8.75. The molecule has 10 heteroatoms. The molecule has 1 fully saturated rings. The number of nitrogens with zero attached hydrogens (tertiary/aromatic N) is 5. The van der Waals surface area contributed by atoms with Crippen LogP contribution in [0.5, 0.6) is 5.75 Å². The van der Waals surface area contributed by atoms with Crippen LogP contribution in [0.1, 0.15) is 5.56 Å². The molecular formula is C18H22F2N6O2. The number of nitrogens with one attached hydrogen (secondary N) is 1. The van der Waals surface area contributed by atoms with Crippen LogP contribution in [0.4, 0.5) is 14.5 Å². The molecule has 28 heavy (non-hydrogen) atoms. The van der Waals surface area contributed by atoms with Crippen molar-refractivity contribution in [3.63, 3.8) is 0 Å². The van der Waals surface area contributed by atoms with E-state index >= 15 is 0 Å². The molecule has 0 aliphatic carbocycles. The zero-order chi connectivity index (χ0) is 20.1. The predicted molar refractivity (Wildman–Crippen MR) is 100 cm³/mol. The highest BCUT2D eigenvalue weighted by molar-refractivity contribution is 5.98. The fraction of sp³-hybridized carbons (Fsp3) is 0.389. The molecule has 1 saturated heterocycles. The highest BCUT2D eigenvalue weighted by Gasteiger charge is 2.27. The fourth-order valence-electron chi connectivity index (χ4n) is 3.04. The van der Waals surface area contributed by atoms with Gasteiger partial charge in [-0.2, -0.15) is 13.9 Å². The summed E-state index contributed by atoms with van der Waals surface area (Å²) >= 11 is 0. The highest BCUT2D eigenvalue weighted by Crippen LogP contribution is 2.20. The zero-order valence-corrected chi connectivity index (χ0v) is 15.7. The van der Waals surface area contributed by atoms with Crippen LogP contribution in [0.2, 0.25) is 0 Å². The molecule has 8 nitrogen and oxygen atoms in total. The van der Waals surface area contributed by atoms with Crippen molar-refractivity contribution in [1.29, 1.82) is 0 Å². The molecule has 0 spiro atoms. The van der Waals surface area contributed by atoms with Crippen molar-refractivity contribution in [3.05, 3.63) is 42.2 Å². The highest BCUT2D eigenvalue weighted by atomic mass is 19.3. The molecule has 1 aromatic heterocycles. The van der Waals surface area contributed by atoms with Crippen LogP contribution in [-0.4, -0.2) is 59.8 Å². The Morgan fingerprint density at radius 3 is 2.79 bits per heavy atom. The summed E-state index contributed by atoms with van der Waals surface area (Å²) < 4.78 is 31.3. The minimum absolute atomic E-state index is 0.0661. The lowest BCUT2D eigenvalue weighted by Gasteiger charge is -2.35. The van der Waals surface area contributed by atoms with E-state index in [0.717, 1.165) is 5.69 Å². The third kappa shape index (κ3) is 4.56. The van der Waals surface area contributed by atoms with Gasteiger partial charge < -0.3 is 19.9 Å². The van der Waals surface area contributed by atoms with E-state index in [1.165, 1.54) is 6.07 Å². The summed E-state index contributed by atoms with van der Waals surface area (Å²) in [6.45, 7) is -1.42. The maximum Gasteiger partial charge on any atom is 0.387 e. The first-order valence-corrected chi connectivity index (χ1v) is 8.75. The van der Waals surface area contributed by atoms with Crippen LogP contribution < -0.4 is 15.0 Å². The largest absolute Gasteiger partial charge is 0.434 e. The van der Waals surface area contributed by atoms with Gasteiger partial charge in [-0.25, -0.2) is 0 Å². The molecule has 0 unspecified atom stereocenters. The standard InChI is InChI=1S/C18H22F2N6O2/c1-21-18(22-9-13-5-3-4-6-15(13)28-17(19)20)25-7-8-26(16(27)12-25)14-10-23-24(2)11-14/h3-6,10-11,17H,7-9,12H2,1-2H3,(H,21,22). The number of rotatable bonds is 5. The fourth-order valence-corrected chi connectivity index (χ4v) is 3.04. The topological polar surface area (TPSA) is 75.0 Å². The Bertz CT molecular complexity index is 854. The molecule has 1 aliphatic rings. The van der Waals surface area contributed by atoms with Crippen molar-refractivity contribution in [2.24, 2.45) is 12.0 Å². The van der Waals surface area contributed by atoms with E-state index in [9.17, 15) is 13.6 Å². The number of aliphatic imine (C=N–C) groups is 1. The van der Waals surface area contributed by atoms with Gasteiger partial charge in [0.2, 0.25) is 5.91 Å². The molecule has 2 aromatic rings. The van der Waals surface area contributed by atoms with Crippen molar-refractivity contribution in [1.82, 2.24) is 20.0 Å². The van der Waals surface area contributed by atoms with Crippen molar-refractivity contribution in [2.45, 2.75) is 13.2 Å². The quantitative estimate of drug-likeness (QED) is 0.616. The van der Waals surface area contributed by atoms with Crippen molar-refractivity contribution in [2.75, 3.05) is 31.6 Å². The number of ether oxygens (including phenoxy) is 1. The maximum absolute atomic E-state index is 12.6. The van der Waals surface area contributed by atoms with Crippen LogP contribution in [0.15, 0.2) is 41.7 Å². The molecule has 150 valence electrons. The number of hydrogen-bond acceptors (Lipinski definition) is 4. The average molecular weight is 392 g/mol. The van der Waals surface area contributed by atoms with Gasteiger partial charge in [-0.1, -0.05) is 18.2 Å². The minimum atomic E-state index is -2.89.